The summed E-state index contributed by atoms with van der Waals surface area (Å²) in [6.07, 6.45) is 1.88. The van der Waals surface area contributed by atoms with E-state index < -0.39 is 0 Å². The van der Waals surface area contributed by atoms with E-state index in [1.165, 1.54) is 16.7 Å². The summed E-state index contributed by atoms with van der Waals surface area (Å²) in [5.74, 6) is 0.487. The highest BCUT2D eigenvalue weighted by Gasteiger charge is 2.05. The number of benzene rings is 1. The molecule has 0 heteroatoms. The van der Waals surface area contributed by atoms with E-state index in [2.05, 4.69) is 39.1 Å². The molecule has 0 N–H and O–H groups in total. The van der Waals surface area contributed by atoms with Crippen molar-refractivity contribution in [2.45, 2.75) is 27.7 Å². The fraction of sp³-hybridized carbons (Fsp3) is 0.333. The largest absolute Gasteiger partial charge is 0.0984 e. The van der Waals surface area contributed by atoms with Gasteiger partial charge in [-0.15, -0.1) is 0 Å². The van der Waals surface area contributed by atoms with Crippen LogP contribution in [-0.2, 0) is 0 Å². The third kappa shape index (κ3) is 3.75. The van der Waals surface area contributed by atoms with Crippen LogP contribution in [0.5, 0.6) is 0 Å². The smallest absolute Gasteiger partial charge is 0.0155 e. The summed E-state index contributed by atoms with van der Waals surface area (Å²) < 4.78 is 0. The zero-order valence-corrected chi connectivity index (χ0v) is 10.4. The summed E-state index contributed by atoms with van der Waals surface area (Å²) in [6.45, 7) is 16.2. The first-order chi connectivity index (χ1) is 7.16. The monoisotopic (exact) mass is 202 g/mol. The van der Waals surface area contributed by atoms with Crippen LogP contribution in [0.4, 0.5) is 0 Å². The second-order valence-electron chi connectivity index (χ2n) is 3.47. The number of rotatable bonds is 3. The van der Waals surface area contributed by atoms with Crippen LogP contribution in [0.25, 0.3) is 11.6 Å². The van der Waals surface area contributed by atoms with Crippen LogP contribution in [0.3, 0.4) is 0 Å². The van der Waals surface area contributed by atoms with Crippen LogP contribution in [0.15, 0.2) is 37.4 Å². The molecule has 0 fully saturated rings. The minimum Gasteiger partial charge on any atom is -0.0984 e. The molecular formula is C15H22. The van der Waals surface area contributed by atoms with E-state index in [9.17, 15) is 0 Å². The van der Waals surface area contributed by atoms with Crippen molar-refractivity contribution in [3.05, 3.63) is 48.6 Å². The molecule has 0 nitrogen and oxygen atoms in total. The van der Waals surface area contributed by atoms with Crippen LogP contribution in [0.1, 0.15) is 38.8 Å². The van der Waals surface area contributed by atoms with Crippen LogP contribution < -0.4 is 0 Å². The van der Waals surface area contributed by atoms with Gasteiger partial charge in [-0.2, -0.15) is 0 Å². The maximum Gasteiger partial charge on any atom is -0.0155 e. The minimum atomic E-state index is 0.487. The highest BCUT2D eigenvalue weighted by molar-refractivity contribution is 5.73. The topological polar surface area (TPSA) is 0 Å². The molecule has 0 bridgehead atoms. The lowest BCUT2D eigenvalue weighted by Gasteiger charge is -2.12. The Morgan fingerprint density at radius 3 is 2.20 bits per heavy atom. The molecule has 1 rings (SSSR count). The second kappa shape index (κ2) is 7.05. The molecule has 0 aromatic heterocycles. The highest BCUT2D eigenvalue weighted by Crippen LogP contribution is 2.24. The molecule has 0 unspecified atom stereocenters. The van der Waals surface area contributed by atoms with E-state index in [1.54, 1.807) is 0 Å². The third-order valence-electron chi connectivity index (χ3n) is 2.22. The predicted octanol–water partition coefficient (Wildman–Crippen LogP) is 5.03. The molecule has 1 aromatic rings. The van der Waals surface area contributed by atoms with E-state index in [0.717, 1.165) is 0 Å². The standard InChI is InChI=1S/C13H16.C2H6/c1-5-12-8-6-7-9-13(12)11(4)10(2)3;1-2/h5-10H,1,4H2,2-3H3;1-2H3. The van der Waals surface area contributed by atoms with Gasteiger partial charge in [0, 0.05) is 0 Å². The SMILES string of the molecule is C=Cc1ccccc1C(=C)C(C)C.CC. The zero-order valence-electron chi connectivity index (χ0n) is 10.4. The van der Waals surface area contributed by atoms with Crippen molar-refractivity contribution >= 4 is 11.6 Å². The molecule has 1 aromatic carbocycles. The molecule has 0 amide bonds. The van der Waals surface area contributed by atoms with Gasteiger partial charge in [0.2, 0.25) is 0 Å². The van der Waals surface area contributed by atoms with Crippen LogP contribution in [-0.4, -0.2) is 0 Å². The van der Waals surface area contributed by atoms with Gasteiger partial charge in [0.15, 0.2) is 0 Å². The summed E-state index contributed by atoms with van der Waals surface area (Å²) in [5, 5.41) is 0. The molecule has 0 radical (unpaired) electrons. The first kappa shape index (κ1) is 13.7. The fourth-order valence-electron chi connectivity index (χ4n) is 1.28. The van der Waals surface area contributed by atoms with E-state index >= 15 is 0 Å². The maximum atomic E-state index is 4.09. The van der Waals surface area contributed by atoms with Crippen molar-refractivity contribution in [3.63, 3.8) is 0 Å². The minimum absolute atomic E-state index is 0.487. The lowest BCUT2D eigenvalue weighted by Crippen LogP contribution is -1.94. The molecule has 0 saturated heterocycles. The summed E-state index contributed by atoms with van der Waals surface area (Å²) in [5.41, 5.74) is 3.56. The Kier molecular flexibility index (Phi) is 6.44. The van der Waals surface area contributed by atoms with E-state index in [-0.39, 0.29) is 0 Å². The maximum absolute atomic E-state index is 4.09. The van der Waals surface area contributed by atoms with E-state index in [4.69, 9.17) is 0 Å². The van der Waals surface area contributed by atoms with Gasteiger partial charge in [0.1, 0.15) is 0 Å². The zero-order chi connectivity index (χ0) is 11.8. The molecular weight excluding hydrogens is 180 g/mol. The van der Waals surface area contributed by atoms with Crippen molar-refractivity contribution < 1.29 is 0 Å². The number of hydrogen-bond acceptors (Lipinski definition) is 0. The lowest BCUT2D eigenvalue weighted by molar-refractivity contribution is 0.857. The van der Waals surface area contributed by atoms with E-state index in [1.807, 2.05) is 32.1 Å². The average molecular weight is 202 g/mol. The predicted molar refractivity (Wildman–Crippen MR) is 71.8 cm³/mol. The van der Waals surface area contributed by atoms with Crippen LogP contribution in [0, 0.1) is 5.92 Å². The Labute approximate surface area is 94.3 Å². The molecule has 0 spiro atoms. The average Bonchev–Trinajstić information content (AvgIpc) is 2.30. The molecule has 82 valence electrons. The third-order valence-corrected chi connectivity index (χ3v) is 2.22. The highest BCUT2D eigenvalue weighted by atomic mass is 14.1. The second-order valence-corrected chi connectivity index (χ2v) is 3.47. The van der Waals surface area contributed by atoms with Gasteiger partial charge in [0.05, 0.1) is 0 Å². The molecule has 0 heterocycles. The van der Waals surface area contributed by atoms with Crippen molar-refractivity contribution in [3.8, 4) is 0 Å². The van der Waals surface area contributed by atoms with Crippen LogP contribution >= 0.6 is 0 Å². The Hall–Kier alpha value is -1.30. The molecule has 15 heavy (non-hydrogen) atoms. The van der Waals surface area contributed by atoms with Gasteiger partial charge in [-0.25, -0.2) is 0 Å². The van der Waals surface area contributed by atoms with Gasteiger partial charge in [-0.1, -0.05) is 71.2 Å². The summed E-state index contributed by atoms with van der Waals surface area (Å²) in [4.78, 5) is 0. The normalized spacial score (nSPS) is 9.13. The Morgan fingerprint density at radius 2 is 1.73 bits per heavy atom. The quantitative estimate of drug-likeness (QED) is 0.645. The molecule has 0 aliphatic rings. The van der Waals surface area contributed by atoms with Gasteiger partial charge in [-0.3, -0.25) is 0 Å². The van der Waals surface area contributed by atoms with Crippen LogP contribution in [0.2, 0.25) is 0 Å². The molecule has 0 saturated carbocycles. The molecule has 0 aliphatic carbocycles. The van der Waals surface area contributed by atoms with Gasteiger partial charge < -0.3 is 0 Å². The van der Waals surface area contributed by atoms with Crippen molar-refractivity contribution in [2.75, 3.05) is 0 Å². The molecule has 0 atom stereocenters. The number of hydrogen-bond donors (Lipinski definition) is 0. The fourth-order valence-corrected chi connectivity index (χ4v) is 1.28. The van der Waals surface area contributed by atoms with Gasteiger partial charge >= 0.3 is 0 Å². The Morgan fingerprint density at radius 1 is 1.20 bits per heavy atom. The first-order valence-corrected chi connectivity index (χ1v) is 5.57. The Bertz CT molecular complexity index is 319. The van der Waals surface area contributed by atoms with Crippen molar-refractivity contribution in [1.29, 1.82) is 0 Å². The van der Waals surface area contributed by atoms with Crippen molar-refractivity contribution in [2.24, 2.45) is 5.92 Å². The summed E-state index contributed by atoms with van der Waals surface area (Å²) in [7, 11) is 0. The first-order valence-electron chi connectivity index (χ1n) is 5.57. The van der Waals surface area contributed by atoms with Crippen molar-refractivity contribution in [1.82, 2.24) is 0 Å². The van der Waals surface area contributed by atoms with Gasteiger partial charge in [0.25, 0.3) is 0 Å². The summed E-state index contributed by atoms with van der Waals surface area (Å²) >= 11 is 0. The Balaban J connectivity index is 0.000000921. The van der Waals surface area contributed by atoms with Gasteiger partial charge in [-0.05, 0) is 22.6 Å². The van der Waals surface area contributed by atoms with E-state index in [0.29, 0.717) is 5.92 Å². The summed E-state index contributed by atoms with van der Waals surface area (Å²) in [6, 6.07) is 8.22. The number of allylic oxidation sites excluding steroid dienone is 1. The lowest BCUT2D eigenvalue weighted by atomic mass is 9.93. The molecule has 0 aliphatic heterocycles.